The van der Waals surface area contributed by atoms with Gasteiger partial charge in [-0.2, -0.15) is 0 Å². The van der Waals surface area contributed by atoms with E-state index in [1.807, 2.05) is 34.6 Å². The highest BCUT2D eigenvalue weighted by Gasteiger charge is 2.54. The van der Waals surface area contributed by atoms with Crippen LogP contribution in [0.25, 0.3) is 0 Å². The van der Waals surface area contributed by atoms with Crippen molar-refractivity contribution >= 4 is 12.1 Å². The normalized spacial score (nSPS) is 26.5. The Morgan fingerprint density at radius 2 is 1.55 bits per heavy atom. The Hall–Kier alpha value is -1.72. The van der Waals surface area contributed by atoms with E-state index in [4.69, 9.17) is 33.5 Å². The van der Waals surface area contributed by atoms with Crippen LogP contribution in [0, 0.1) is 0 Å². The molecule has 0 aromatic heterocycles. The summed E-state index contributed by atoms with van der Waals surface area (Å²) < 4.78 is 36.0. The van der Waals surface area contributed by atoms with E-state index >= 15 is 0 Å². The van der Waals surface area contributed by atoms with E-state index < -0.39 is 17.1 Å². The van der Waals surface area contributed by atoms with Crippen LogP contribution in [-0.4, -0.2) is 90.0 Å². The van der Waals surface area contributed by atoms with Gasteiger partial charge < -0.3 is 33.5 Å². The number of aliphatic hydroxyl groups is 1. The quantitative estimate of drug-likeness (QED) is 0.0640. The van der Waals surface area contributed by atoms with Crippen LogP contribution in [0.15, 0.2) is 12.2 Å². The number of fused-ring (bicyclic) bond motifs is 2. The van der Waals surface area contributed by atoms with Gasteiger partial charge in [-0.25, -0.2) is 4.79 Å². The van der Waals surface area contributed by atoms with Crippen molar-refractivity contribution in [3.05, 3.63) is 12.2 Å². The van der Waals surface area contributed by atoms with Gasteiger partial charge >= 0.3 is 12.1 Å². The van der Waals surface area contributed by atoms with Crippen molar-refractivity contribution in [2.75, 3.05) is 26.4 Å². The molecule has 284 valence electrons. The number of esters is 1. The zero-order valence-electron chi connectivity index (χ0n) is 31.7. The van der Waals surface area contributed by atoms with Crippen LogP contribution in [0.4, 0.5) is 4.79 Å². The van der Waals surface area contributed by atoms with E-state index in [9.17, 15) is 9.59 Å². The molecule has 3 aliphatic rings. The van der Waals surface area contributed by atoms with Crippen LogP contribution in [0.5, 0.6) is 0 Å². The highest BCUT2D eigenvalue weighted by atomic mass is 16.8. The standard InChI is InChI=1S/C39H69NO9/c1-31(42)46-33-24-26-39(47-34(35(33)48-39)23-19-15-17-21-27-41)25-20-16-13-11-9-7-8-10-12-14-18-22-28-44-29-32-30-45-38(5,6)40(32)36(43)49-37(2,3)4/h16,20,32-35,41H,7-15,17-19,21-30H2,1-6H3/b20-16+/t32-,33-,34+,35+,39-/m1/s1. The van der Waals surface area contributed by atoms with Crippen LogP contribution in [0.3, 0.4) is 0 Å². The van der Waals surface area contributed by atoms with Gasteiger partial charge in [-0.3, -0.25) is 9.69 Å². The zero-order valence-corrected chi connectivity index (χ0v) is 31.7. The second-order valence-electron chi connectivity index (χ2n) is 15.7. The second-order valence-corrected chi connectivity index (χ2v) is 15.7. The predicted molar refractivity (Wildman–Crippen MR) is 190 cm³/mol. The molecule has 3 fully saturated rings. The summed E-state index contributed by atoms with van der Waals surface area (Å²) >= 11 is 0. The Bertz CT molecular complexity index is 995. The summed E-state index contributed by atoms with van der Waals surface area (Å²) in [7, 11) is 0. The lowest BCUT2D eigenvalue weighted by Gasteiger charge is -2.35. The second kappa shape index (κ2) is 21.0. The van der Waals surface area contributed by atoms with Gasteiger partial charge in [0.1, 0.15) is 23.5 Å². The van der Waals surface area contributed by atoms with Gasteiger partial charge in [-0.1, -0.05) is 76.4 Å². The molecule has 2 bridgehead atoms. The Kier molecular flexibility index (Phi) is 17.8. The molecule has 3 rings (SSSR count). The number of nitrogens with zero attached hydrogens (tertiary/aromatic N) is 1. The topological polar surface area (TPSA) is 113 Å². The Balaban J connectivity index is 1.19. The van der Waals surface area contributed by atoms with Gasteiger partial charge in [0, 0.05) is 33.0 Å². The van der Waals surface area contributed by atoms with E-state index in [-0.39, 0.29) is 43.0 Å². The van der Waals surface area contributed by atoms with Crippen molar-refractivity contribution in [3.8, 4) is 0 Å². The summed E-state index contributed by atoms with van der Waals surface area (Å²) in [5.74, 6) is -0.854. The molecule has 5 atom stereocenters. The van der Waals surface area contributed by atoms with E-state index in [0.29, 0.717) is 19.8 Å². The summed E-state index contributed by atoms with van der Waals surface area (Å²) in [5.41, 5.74) is -1.24. The molecule has 10 nitrogen and oxygen atoms in total. The van der Waals surface area contributed by atoms with E-state index in [1.54, 1.807) is 4.90 Å². The van der Waals surface area contributed by atoms with Gasteiger partial charge in [-0.15, -0.1) is 0 Å². The van der Waals surface area contributed by atoms with Crippen LogP contribution in [-0.2, 0) is 33.2 Å². The fraction of sp³-hybridized carbons (Fsp3) is 0.897. The molecule has 0 aromatic rings. The summed E-state index contributed by atoms with van der Waals surface area (Å²) in [4.78, 5) is 26.1. The SMILES string of the molecule is CC(=O)O[C@@H]1CC[C@@]2(C/C=C/CCCCCCCCCCCOC[C@@H]3COC(C)(C)N3C(=O)OC(C)(C)C)O[C@@H]1[C@H](CCCCCCO)O2. The minimum absolute atomic E-state index is 0.0496. The maximum atomic E-state index is 12.8. The number of carbonyl (C=O) groups is 2. The fourth-order valence-corrected chi connectivity index (χ4v) is 7.22. The minimum Gasteiger partial charge on any atom is -0.460 e. The number of hydrogen-bond acceptors (Lipinski definition) is 9. The third-order valence-corrected chi connectivity index (χ3v) is 9.70. The van der Waals surface area contributed by atoms with Crippen molar-refractivity contribution in [1.29, 1.82) is 0 Å². The number of ether oxygens (including phenoxy) is 6. The van der Waals surface area contributed by atoms with Crippen molar-refractivity contribution in [2.45, 2.75) is 199 Å². The Morgan fingerprint density at radius 3 is 2.22 bits per heavy atom. The maximum absolute atomic E-state index is 12.8. The number of rotatable bonds is 23. The molecule has 0 radical (unpaired) electrons. The molecule has 1 amide bonds. The first-order valence-electron chi connectivity index (χ1n) is 19.4. The predicted octanol–water partition coefficient (Wildman–Crippen LogP) is 8.37. The monoisotopic (exact) mass is 695 g/mol. The third kappa shape index (κ3) is 14.8. The van der Waals surface area contributed by atoms with Crippen LogP contribution in [0.1, 0.15) is 157 Å². The van der Waals surface area contributed by atoms with E-state index in [2.05, 4.69) is 12.2 Å². The average molecular weight is 696 g/mol. The van der Waals surface area contributed by atoms with Crippen LogP contribution < -0.4 is 0 Å². The first-order valence-corrected chi connectivity index (χ1v) is 19.4. The van der Waals surface area contributed by atoms with Gasteiger partial charge in [0.25, 0.3) is 0 Å². The molecule has 0 spiro atoms. The first-order chi connectivity index (χ1) is 23.4. The highest BCUT2D eigenvalue weighted by Crippen LogP contribution is 2.45. The first kappa shape index (κ1) is 41.7. The maximum Gasteiger partial charge on any atom is 0.412 e. The lowest BCUT2D eigenvalue weighted by Crippen LogP contribution is -2.51. The van der Waals surface area contributed by atoms with Gasteiger partial charge in [-0.05, 0) is 73.1 Å². The van der Waals surface area contributed by atoms with Crippen LogP contribution >= 0.6 is 0 Å². The van der Waals surface area contributed by atoms with E-state index in [0.717, 1.165) is 64.2 Å². The average Bonchev–Trinajstić information content (AvgIpc) is 3.49. The fourth-order valence-electron chi connectivity index (χ4n) is 7.22. The zero-order chi connectivity index (χ0) is 35.8. The van der Waals surface area contributed by atoms with E-state index in [1.165, 1.54) is 58.3 Å². The molecule has 1 N–H and O–H groups in total. The lowest BCUT2D eigenvalue weighted by atomic mass is 9.95. The number of allylic oxidation sites excluding steroid dienone is 1. The lowest BCUT2D eigenvalue weighted by molar-refractivity contribution is -0.214. The molecule has 10 heteroatoms. The van der Waals surface area contributed by atoms with Gasteiger partial charge in [0.05, 0.1) is 25.4 Å². The summed E-state index contributed by atoms with van der Waals surface area (Å²) in [6.45, 7) is 12.7. The highest BCUT2D eigenvalue weighted by molar-refractivity contribution is 5.69. The molecule has 3 aliphatic heterocycles. The third-order valence-electron chi connectivity index (χ3n) is 9.70. The van der Waals surface area contributed by atoms with Crippen molar-refractivity contribution in [2.24, 2.45) is 0 Å². The summed E-state index contributed by atoms with van der Waals surface area (Å²) in [6.07, 6.45) is 22.8. The number of amides is 1. The largest absolute Gasteiger partial charge is 0.460 e. The molecular weight excluding hydrogens is 626 g/mol. The molecular formula is C39H69NO9. The van der Waals surface area contributed by atoms with Crippen LogP contribution in [0.2, 0.25) is 0 Å². The van der Waals surface area contributed by atoms with Gasteiger partial charge in [0.15, 0.2) is 5.79 Å². The number of hydrogen-bond donors (Lipinski definition) is 1. The molecule has 49 heavy (non-hydrogen) atoms. The number of aliphatic hydroxyl groups excluding tert-OH is 1. The molecule has 3 saturated heterocycles. The van der Waals surface area contributed by atoms with Gasteiger partial charge in [0.2, 0.25) is 0 Å². The molecule has 0 unspecified atom stereocenters. The molecule has 0 aromatic carbocycles. The number of carbonyl (C=O) groups excluding carboxylic acids is 2. The minimum atomic E-state index is -0.696. The van der Waals surface area contributed by atoms with Crippen molar-refractivity contribution < 1.29 is 43.1 Å². The van der Waals surface area contributed by atoms with Crippen molar-refractivity contribution in [1.82, 2.24) is 4.90 Å². The van der Waals surface area contributed by atoms with Crippen molar-refractivity contribution in [3.63, 3.8) is 0 Å². The molecule has 3 heterocycles. The molecule has 0 saturated carbocycles. The Labute approximate surface area is 296 Å². The smallest absolute Gasteiger partial charge is 0.412 e. The number of unbranched alkanes of at least 4 members (excludes halogenated alkanes) is 12. The summed E-state index contributed by atoms with van der Waals surface area (Å²) in [6, 6.07) is -0.130. The summed E-state index contributed by atoms with van der Waals surface area (Å²) in [5, 5.41) is 9.03. The molecule has 0 aliphatic carbocycles. The Morgan fingerprint density at radius 1 is 0.898 bits per heavy atom.